The second-order valence-electron chi connectivity index (χ2n) is 29.9. The van der Waals surface area contributed by atoms with Gasteiger partial charge in [-0.05, 0) is 198 Å². The summed E-state index contributed by atoms with van der Waals surface area (Å²) in [5.41, 5.74) is 27.9. The van der Waals surface area contributed by atoms with Crippen LogP contribution in [0.5, 0.6) is 0 Å². The lowest BCUT2D eigenvalue weighted by Crippen LogP contribution is -2.61. The van der Waals surface area contributed by atoms with E-state index in [2.05, 4.69) is 339 Å². The minimum Gasteiger partial charge on any atom is -0.454 e. The van der Waals surface area contributed by atoms with Crippen molar-refractivity contribution in [2.75, 3.05) is 14.6 Å². The molecule has 458 valence electrons. The van der Waals surface area contributed by atoms with Crippen molar-refractivity contribution in [3.63, 3.8) is 0 Å². The van der Waals surface area contributed by atoms with Crippen LogP contribution in [0.15, 0.2) is 259 Å². The van der Waals surface area contributed by atoms with E-state index < -0.39 is 0 Å². The highest BCUT2D eigenvalue weighted by Gasteiger charge is 2.48. The van der Waals surface area contributed by atoms with Crippen LogP contribution in [0.2, 0.25) is 0 Å². The number of nitrogens with zero attached hydrogens (tertiary/aromatic N) is 3. The van der Waals surface area contributed by atoms with Gasteiger partial charge in [-0.3, -0.25) is 0 Å². The molecule has 0 radical (unpaired) electrons. The number of hydrogen-bond donors (Lipinski definition) is 0. The van der Waals surface area contributed by atoms with Crippen molar-refractivity contribution < 1.29 is 4.42 Å². The Labute approximate surface area is 557 Å². The third-order valence-electron chi connectivity index (χ3n) is 21.0. The first-order valence-corrected chi connectivity index (χ1v) is 34.4. The van der Waals surface area contributed by atoms with Gasteiger partial charge in [-0.2, -0.15) is 0 Å². The first kappa shape index (κ1) is 58.0. The van der Waals surface area contributed by atoms with Gasteiger partial charge in [0.2, 0.25) is 0 Å². The summed E-state index contributed by atoms with van der Waals surface area (Å²) in [5.74, 6) is 0. The smallest absolute Gasteiger partial charge is 0.333 e. The van der Waals surface area contributed by atoms with Crippen LogP contribution >= 0.6 is 11.3 Å². The molecule has 14 aromatic rings. The first-order chi connectivity index (χ1) is 45.4. The van der Waals surface area contributed by atoms with Crippen LogP contribution in [0.3, 0.4) is 0 Å². The second-order valence-corrected chi connectivity index (χ2v) is 31.0. The molecule has 0 N–H and O–H groups in total. The zero-order valence-corrected chi connectivity index (χ0v) is 56.2. The minimum absolute atomic E-state index is 0.0245. The molecule has 4 heterocycles. The number of benzene rings is 12. The zero-order valence-electron chi connectivity index (χ0n) is 55.4. The number of thiophene rings is 1. The molecule has 0 unspecified atom stereocenters. The fourth-order valence-electron chi connectivity index (χ4n) is 15.8. The Morgan fingerprint density at radius 1 is 0.436 bits per heavy atom. The van der Waals surface area contributed by atoms with Gasteiger partial charge in [0, 0.05) is 76.2 Å². The van der Waals surface area contributed by atoms with Crippen LogP contribution in [0.1, 0.15) is 104 Å². The Morgan fingerprint density at radius 2 is 0.979 bits per heavy atom. The maximum absolute atomic E-state index is 7.59. The molecule has 6 heteroatoms. The predicted molar refractivity (Wildman–Crippen MR) is 404 cm³/mol. The molecule has 0 bridgehead atoms. The Morgan fingerprint density at radius 3 is 1.60 bits per heavy atom. The molecule has 0 atom stereocenters. The van der Waals surface area contributed by atoms with E-state index in [1.807, 2.05) is 11.3 Å². The van der Waals surface area contributed by atoms with Crippen molar-refractivity contribution in [3.05, 3.63) is 277 Å². The molecule has 0 saturated carbocycles. The summed E-state index contributed by atoms with van der Waals surface area (Å²) in [6.45, 7) is 23.5. The average molecular weight is 1230 g/mol. The number of hydrogen-bond acceptors (Lipinski definition) is 5. The minimum atomic E-state index is -0.302. The molecule has 0 amide bonds. The van der Waals surface area contributed by atoms with Gasteiger partial charge in [-0.25, -0.2) is 0 Å². The van der Waals surface area contributed by atoms with Crippen molar-refractivity contribution in [1.29, 1.82) is 0 Å². The summed E-state index contributed by atoms with van der Waals surface area (Å²) in [6, 6.07) is 96.2. The Balaban J connectivity index is 1.01. The highest BCUT2D eigenvalue weighted by molar-refractivity contribution is 7.26. The Bertz CT molecular complexity index is 5240. The van der Waals surface area contributed by atoms with Gasteiger partial charge < -0.3 is 19.0 Å². The largest absolute Gasteiger partial charge is 0.454 e. The van der Waals surface area contributed by atoms with Gasteiger partial charge in [-0.15, -0.1) is 11.3 Å². The van der Waals surface area contributed by atoms with Gasteiger partial charge in [0.1, 0.15) is 5.58 Å². The summed E-state index contributed by atoms with van der Waals surface area (Å²) in [4.78, 5) is 7.78. The molecule has 0 fully saturated rings. The Kier molecular flexibility index (Phi) is 13.2. The molecule has 12 aromatic carbocycles. The second kappa shape index (κ2) is 21.3. The summed E-state index contributed by atoms with van der Waals surface area (Å²) >= 11 is 1.95. The van der Waals surface area contributed by atoms with Crippen molar-refractivity contribution in [3.8, 4) is 44.5 Å². The standard InChI is InChI=1S/C88H76BN3OS/c1-85(2,3)60-34-41-64(42-35-60)92-75-46-47-78-81(69-53-71-72(54-79(69)94-78)88(9,10)49-48-87(71,7)8)80(75)70-52-68-66-28-20-21-29-77(66)93-84(68)83-82(70)89(92)73-44-43-65(51-76(73)91(83)74-45-36-61(86(4,5)6)50-67(74)59-26-18-13-19-27-59)90(62-37-30-57(31-38-62)55-22-14-11-15-23-55)63-39-32-58(33-40-63)56-24-16-12-17-25-56/h11-47,50-54H,48-49H2,1-10H3. The molecule has 0 spiro atoms. The number of para-hydroxylation sites is 1. The molecule has 4 nitrogen and oxygen atoms in total. The van der Waals surface area contributed by atoms with E-state index in [-0.39, 0.29) is 28.5 Å². The van der Waals surface area contributed by atoms with Crippen molar-refractivity contribution in [2.24, 2.45) is 0 Å². The predicted octanol–water partition coefficient (Wildman–Crippen LogP) is 24.1. The third-order valence-corrected chi connectivity index (χ3v) is 22.1. The van der Waals surface area contributed by atoms with E-state index in [4.69, 9.17) is 4.42 Å². The molecule has 0 saturated heterocycles. The third kappa shape index (κ3) is 9.30. The molecule has 2 aromatic heterocycles. The number of furan rings is 1. The highest BCUT2D eigenvalue weighted by Crippen LogP contribution is 2.57. The summed E-state index contributed by atoms with van der Waals surface area (Å²) in [7, 11) is 0. The molecular weight excluding hydrogens is 1160 g/mol. The highest BCUT2D eigenvalue weighted by atomic mass is 32.1. The topological polar surface area (TPSA) is 22.9 Å². The van der Waals surface area contributed by atoms with Crippen molar-refractivity contribution >= 4 is 117 Å². The fourth-order valence-corrected chi connectivity index (χ4v) is 16.9. The monoisotopic (exact) mass is 1230 g/mol. The average Bonchev–Trinajstić information content (AvgIpc) is 1.22. The maximum Gasteiger partial charge on any atom is 0.333 e. The summed E-state index contributed by atoms with van der Waals surface area (Å²) < 4.78 is 10.2. The van der Waals surface area contributed by atoms with Crippen LogP contribution in [0.4, 0.5) is 45.5 Å². The van der Waals surface area contributed by atoms with E-state index in [0.717, 1.165) is 79.3 Å². The lowest BCUT2D eigenvalue weighted by molar-refractivity contribution is 0.332. The molecule has 17 rings (SSSR count). The molecule has 2 aliphatic heterocycles. The molecular formula is C88H76BN3OS. The molecule has 3 aliphatic rings. The summed E-state index contributed by atoms with van der Waals surface area (Å²) in [5, 5.41) is 4.86. The summed E-state index contributed by atoms with van der Waals surface area (Å²) in [6.07, 6.45) is 2.31. The number of rotatable bonds is 8. The van der Waals surface area contributed by atoms with E-state index in [1.165, 1.54) is 98.8 Å². The van der Waals surface area contributed by atoms with E-state index in [1.54, 1.807) is 0 Å². The van der Waals surface area contributed by atoms with Crippen LogP contribution in [0.25, 0.3) is 86.6 Å². The number of fused-ring (bicyclic) bond motifs is 13. The lowest BCUT2D eigenvalue weighted by atomic mass is 9.43. The quantitative estimate of drug-likeness (QED) is 0.141. The lowest BCUT2D eigenvalue weighted by Gasteiger charge is -2.46. The SMILES string of the molecule is CC(C)(C)c1ccc(N2B3c4ccc(N(c5ccc(-c6ccccc6)cc5)c5ccc(-c6ccccc6)cc5)cc4N(c4ccc(C(C)(C)C)cc4-c4ccccc4)c4c3c(cc3c4oc4ccccc43)-c3c2ccc2sc4cc5c(cc4c32)C(C)(C)CCC5(C)C)cc1. The Hall–Kier alpha value is -9.88. The van der Waals surface area contributed by atoms with Crippen LogP contribution < -0.4 is 25.5 Å². The van der Waals surface area contributed by atoms with Crippen molar-refractivity contribution in [2.45, 2.75) is 104 Å². The molecule has 1 aliphatic carbocycles. The van der Waals surface area contributed by atoms with Crippen LogP contribution in [0, 0.1) is 0 Å². The first-order valence-electron chi connectivity index (χ1n) is 33.5. The van der Waals surface area contributed by atoms with Gasteiger partial charge in [0.25, 0.3) is 0 Å². The van der Waals surface area contributed by atoms with E-state index >= 15 is 0 Å². The van der Waals surface area contributed by atoms with Gasteiger partial charge in [0.05, 0.1) is 11.4 Å². The van der Waals surface area contributed by atoms with Gasteiger partial charge >= 0.3 is 6.85 Å². The normalized spacial score (nSPS) is 14.7. The van der Waals surface area contributed by atoms with Gasteiger partial charge in [0.15, 0.2) is 5.58 Å². The number of anilines is 8. The van der Waals surface area contributed by atoms with E-state index in [9.17, 15) is 0 Å². The van der Waals surface area contributed by atoms with Crippen molar-refractivity contribution in [1.82, 2.24) is 0 Å². The maximum atomic E-state index is 7.59. The van der Waals surface area contributed by atoms with Crippen LogP contribution in [-0.4, -0.2) is 6.85 Å². The van der Waals surface area contributed by atoms with Gasteiger partial charge in [-0.1, -0.05) is 227 Å². The van der Waals surface area contributed by atoms with E-state index in [0.29, 0.717) is 0 Å². The zero-order chi connectivity index (χ0) is 64.2. The fraction of sp³-hybridized carbons (Fsp3) is 0.182. The molecule has 94 heavy (non-hydrogen) atoms. The van der Waals surface area contributed by atoms with Crippen LogP contribution in [-0.2, 0) is 21.7 Å².